The summed E-state index contributed by atoms with van der Waals surface area (Å²) < 4.78 is 22.7. The molecule has 0 aromatic heterocycles. The number of esters is 4. The van der Waals surface area contributed by atoms with E-state index in [0.29, 0.717) is 0 Å². The van der Waals surface area contributed by atoms with E-state index in [2.05, 4.69) is 50.5 Å². The maximum atomic E-state index is 12.4. The van der Waals surface area contributed by atoms with E-state index in [4.69, 9.17) is 23.7 Å². The average molecular weight is 663 g/mol. The van der Waals surface area contributed by atoms with E-state index in [1.165, 1.54) is 55.4 Å². The zero-order chi connectivity index (χ0) is 32.5. The summed E-state index contributed by atoms with van der Waals surface area (Å²) >= 11 is 16.7. The fourth-order valence-corrected chi connectivity index (χ4v) is 2.85. The van der Waals surface area contributed by atoms with E-state index in [-0.39, 0.29) is 13.2 Å². The average Bonchev–Trinajstić information content (AvgIpc) is 2.83. The van der Waals surface area contributed by atoms with Crippen molar-refractivity contribution in [2.75, 3.05) is 52.9 Å². The van der Waals surface area contributed by atoms with Gasteiger partial charge in [0.15, 0.2) is 0 Å². The van der Waals surface area contributed by atoms with Gasteiger partial charge in [-0.05, 0) is 55.4 Å². The minimum absolute atomic E-state index is 0.343. The number of hydrogen-bond acceptors (Lipinski definition) is 15. The van der Waals surface area contributed by atoms with E-state index < -0.39 is 93.3 Å². The first-order valence-electron chi connectivity index (χ1n) is 12.7. The Balaban J connectivity index is 6.00. The van der Waals surface area contributed by atoms with Crippen molar-refractivity contribution in [1.29, 1.82) is 0 Å². The monoisotopic (exact) mass is 662 g/mol. The SMILES string of the molecule is CC(C)(S)C(=O)OCC(CO)(COCC(CO)(COC(=O)C(C)(C)S)COC(=O)C(C)(C)S)COC(=O)C(C)(C)S. The lowest BCUT2D eigenvalue weighted by Gasteiger charge is -2.35. The molecule has 0 radical (unpaired) electrons. The van der Waals surface area contributed by atoms with E-state index in [9.17, 15) is 29.4 Å². The van der Waals surface area contributed by atoms with Gasteiger partial charge >= 0.3 is 23.9 Å². The van der Waals surface area contributed by atoms with Crippen LogP contribution in [0.1, 0.15) is 55.4 Å². The standard InChI is InChI=1S/C26H46O11S4/c1-21(2,38)17(29)34-13-25(9-27,14-35-18(30)22(3,4)39)11-33-12-26(10-28,15-36-19(31)23(5,6)40)16-37-20(32)24(7,8)41/h27-28,38-41H,9-16H2,1-8H3. The molecular formula is C26H46O11S4. The highest BCUT2D eigenvalue weighted by atomic mass is 32.1. The van der Waals surface area contributed by atoms with Gasteiger partial charge in [0, 0.05) is 0 Å². The molecule has 0 heterocycles. The van der Waals surface area contributed by atoms with Crippen LogP contribution < -0.4 is 0 Å². The molecule has 0 amide bonds. The van der Waals surface area contributed by atoms with Crippen molar-refractivity contribution in [1.82, 2.24) is 0 Å². The number of aliphatic hydroxyl groups is 2. The molecular weight excluding hydrogens is 617 g/mol. The Morgan fingerprint density at radius 1 is 0.463 bits per heavy atom. The third-order valence-corrected chi connectivity index (χ3v) is 6.25. The maximum Gasteiger partial charge on any atom is 0.321 e. The number of aliphatic hydroxyl groups excluding tert-OH is 2. The van der Waals surface area contributed by atoms with Crippen LogP contribution in [0.2, 0.25) is 0 Å². The number of hydrogen-bond donors (Lipinski definition) is 6. The van der Waals surface area contributed by atoms with Crippen molar-refractivity contribution < 1.29 is 53.1 Å². The Kier molecular flexibility index (Phi) is 15.4. The molecule has 15 heteroatoms. The van der Waals surface area contributed by atoms with Crippen molar-refractivity contribution in [3.05, 3.63) is 0 Å². The normalized spacial score (nSPS) is 13.4. The predicted molar refractivity (Wildman–Crippen MR) is 166 cm³/mol. The van der Waals surface area contributed by atoms with Gasteiger partial charge in [0.05, 0.1) is 37.3 Å². The van der Waals surface area contributed by atoms with Gasteiger partial charge in [-0.2, -0.15) is 50.5 Å². The van der Waals surface area contributed by atoms with Crippen molar-refractivity contribution in [2.24, 2.45) is 10.8 Å². The van der Waals surface area contributed by atoms with Gasteiger partial charge < -0.3 is 33.9 Å². The van der Waals surface area contributed by atoms with E-state index in [1.54, 1.807) is 0 Å². The summed E-state index contributed by atoms with van der Waals surface area (Å²) in [6.07, 6.45) is 0. The van der Waals surface area contributed by atoms with Crippen LogP contribution >= 0.6 is 50.5 Å². The van der Waals surface area contributed by atoms with E-state index in [0.717, 1.165) is 0 Å². The summed E-state index contributed by atoms with van der Waals surface area (Å²) in [6.45, 7) is 8.58. The second-order valence-electron chi connectivity index (χ2n) is 12.3. The molecule has 0 unspecified atom stereocenters. The third-order valence-electron chi connectivity index (χ3n) is 5.52. The Labute approximate surface area is 264 Å². The summed E-state index contributed by atoms with van der Waals surface area (Å²) in [6, 6.07) is 0. The molecule has 0 fully saturated rings. The molecule has 0 aliphatic carbocycles. The lowest BCUT2D eigenvalue weighted by Crippen LogP contribution is -2.48. The molecule has 2 N–H and O–H groups in total. The highest BCUT2D eigenvalue weighted by Gasteiger charge is 2.41. The highest BCUT2D eigenvalue weighted by Crippen LogP contribution is 2.27. The van der Waals surface area contributed by atoms with Gasteiger partial charge in [-0.1, -0.05) is 0 Å². The number of thiol groups is 4. The first kappa shape index (κ1) is 40.2. The van der Waals surface area contributed by atoms with Crippen LogP contribution in [0.25, 0.3) is 0 Å². The fourth-order valence-electron chi connectivity index (χ4n) is 2.59. The smallest absolute Gasteiger partial charge is 0.321 e. The molecule has 41 heavy (non-hydrogen) atoms. The third kappa shape index (κ3) is 14.5. The summed E-state index contributed by atoms with van der Waals surface area (Å²) in [7, 11) is 0. The molecule has 11 nitrogen and oxygen atoms in total. The lowest BCUT2D eigenvalue weighted by molar-refractivity contribution is -0.170. The van der Waals surface area contributed by atoms with Crippen LogP contribution in [0.3, 0.4) is 0 Å². The Morgan fingerprint density at radius 3 is 0.805 bits per heavy atom. The number of rotatable bonds is 18. The first-order chi connectivity index (χ1) is 18.3. The fraction of sp³-hybridized carbons (Fsp3) is 0.846. The molecule has 0 spiro atoms. The zero-order valence-electron chi connectivity index (χ0n) is 25.0. The topological polar surface area (TPSA) is 155 Å². The number of carbonyl (C=O) groups is 4. The van der Waals surface area contributed by atoms with E-state index >= 15 is 0 Å². The van der Waals surface area contributed by atoms with Gasteiger partial charge in [-0.25, -0.2) is 0 Å². The van der Waals surface area contributed by atoms with Crippen LogP contribution in [0.5, 0.6) is 0 Å². The quantitative estimate of drug-likeness (QED) is 0.0725. The van der Waals surface area contributed by atoms with Crippen LogP contribution in [0.4, 0.5) is 0 Å². The van der Waals surface area contributed by atoms with Crippen molar-refractivity contribution in [3.63, 3.8) is 0 Å². The van der Waals surface area contributed by atoms with Gasteiger partial charge in [0.2, 0.25) is 0 Å². The first-order valence-corrected chi connectivity index (χ1v) is 14.5. The van der Waals surface area contributed by atoms with Gasteiger partial charge in [0.25, 0.3) is 0 Å². The Hall–Kier alpha value is -0.840. The minimum Gasteiger partial charge on any atom is -0.464 e. The van der Waals surface area contributed by atoms with Crippen LogP contribution in [-0.2, 0) is 42.9 Å². The molecule has 240 valence electrons. The number of ether oxygens (including phenoxy) is 5. The molecule has 0 aliphatic heterocycles. The number of carbonyl (C=O) groups excluding carboxylic acids is 4. The molecule has 0 aromatic carbocycles. The van der Waals surface area contributed by atoms with Crippen molar-refractivity contribution in [3.8, 4) is 0 Å². The second kappa shape index (κ2) is 15.8. The summed E-state index contributed by atoms with van der Waals surface area (Å²) in [4.78, 5) is 49.5. The molecule has 0 rings (SSSR count). The molecule has 0 aromatic rings. The van der Waals surface area contributed by atoms with Gasteiger partial charge in [-0.15, -0.1) is 0 Å². The second-order valence-corrected chi connectivity index (χ2v) is 16.8. The summed E-state index contributed by atoms with van der Waals surface area (Å²) in [5.41, 5.74) is -2.86. The van der Waals surface area contributed by atoms with Gasteiger partial charge in [-0.3, -0.25) is 19.2 Å². The molecule has 0 saturated heterocycles. The van der Waals surface area contributed by atoms with Crippen LogP contribution in [-0.4, -0.2) is 106 Å². The lowest BCUT2D eigenvalue weighted by atomic mass is 9.90. The van der Waals surface area contributed by atoms with Crippen LogP contribution in [0, 0.1) is 10.8 Å². The summed E-state index contributed by atoms with van der Waals surface area (Å²) in [5, 5.41) is 20.6. The molecule has 0 atom stereocenters. The van der Waals surface area contributed by atoms with Crippen molar-refractivity contribution in [2.45, 2.75) is 74.4 Å². The minimum atomic E-state index is -1.43. The Bertz CT molecular complexity index is 765. The van der Waals surface area contributed by atoms with Crippen LogP contribution in [0.15, 0.2) is 0 Å². The van der Waals surface area contributed by atoms with E-state index in [1.807, 2.05) is 0 Å². The van der Waals surface area contributed by atoms with Gasteiger partial charge in [0.1, 0.15) is 45.4 Å². The largest absolute Gasteiger partial charge is 0.464 e. The predicted octanol–water partition coefficient (Wildman–Crippen LogP) is 1.97. The highest BCUT2D eigenvalue weighted by molar-refractivity contribution is 7.83. The molecule has 0 saturated carbocycles. The molecule has 0 aliphatic rings. The molecule has 0 bridgehead atoms. The summed E-state index contributed by atoms with van der Waals surface area (Å²) in [5.74, 6) is -2.75. The maximum absolute atomic E-state index is 12.4. The Morgan fingerprint density at radius 2 is 0.659 bits per heavy atom. The zero-order valence-corrected chi connectivity index (χ0v) is 28.6. The van der Waals surface area contributed by atoms with Crippen molar-refractivity contribution >= 4 is 74.4 Å².